The van der Waals surface area contributed by atoms with E-state index in [-0.39, 0.29) is 5.56 Å². The van der Waals surface area contributed by atoms with Gasteiger partial charge in [-0.3, -0.25) is 4.79 Å². The van der Waals surface area contributed by atoms with Crippen molar-refractivity contribution in [1.29, 1.82) is 0 Å². The smallest absolute Gasteiger partial charge is 0.249 e. The van der Waals surface area contributed by atoms with Crippen LogP contribution in [0.25, 0.3) is 0 Å². The number of benzene rings is 1. The summed E-state index contributed by atoms with van der Waals surface area (Å²) < 4.78 is 0. The van der Waals surface area contributed by atoms with Crippen molar-refractivity contribution in [2.45, 2.75) is 6.10 Å². The van der Waals surface area contributed by atoms with Gasteiger partial charge in [0.15, 0.2) is 0 Å². The molecular weight excluding hydrogens is 252 g/mol. The Morgan fingerprint density at radius 1 is 1.33 bits per heavy atom. The number of nitrogens with one attached hydrogen (secondary N) is 2. The molecule has 0 unspecified atom stereocenters. The maximum absolute atomic E-state index is 11.1. The number of rotatable bonds is 4. The van der Waals surface area contributed by atoms with Crippen LogP contribution in [-0.4, -0.2) is 16.6 Å². The fraction of sp³-hybridized carbons (Fsp3) is 0.154. The highest BCUT2D eigenvalue weighted by molar-refractivity contribution is 6.30. The largest absolute Gasteiger partial charge is 0.387 e. The van der Waals surface area contributed by atoms with E-state index in [9.17, 15) is 9.90 Å². The molecule has 0 saturated carbocycles. The molecule has 0 amide bonds. The van der Waals surface area contributed by atoms with Gasteiger partial charge < -0.3 is 15.4 Å². The Labute approximate surface area is 109 Å². The Morgan fingerprint density at radius 2 is 2.17 bits per heavy atom. The zero-order chi connectivity index (χ0) is 13.0. The summed E-state index contributed by atoms with van der Waals surface area (Å²) in [6, 6.07) is 10.2. The fourth-order valence-corrected chi connectivity index (χ4v) is 1.80. The number of aliphatic hydroxyl groups excluding tert-OH is 1. The minimum absolute atomic E-state index is 0.183. The van der Waals surface area contributed by atoms with E-state index < -0.39 is 6.10 Å². The van der Waals surface area contributed by atoms with Crippen LogP contribution in [0.5, 0.6) is 0 Å². The zero-order valence-corrected chi connectivity index (χ0v) is 10.3. The second-order valence-electron chi connectivity index (χ2n) is 3.89. The Morgan fingerprint density at radius 3 is 2.89 bits per heavy atom. The van der Waals surface area contributed by atoms with Gasteiger partial charge in [-0.2, -0.15) is 0 Å². The molecule has 2 rings (SSSR count). The lowest BCUT2D eigenvalue weighted by atomic mass is 10.1. The molecule has 0 aliphatic carbocycles. The zero-order valence-electron chi connectivity index (χ0n) is 9.56. The molecule has 0 aliphatic rings. The van der Waals surface area contributed by atoms with Gasteiger partial charge in [0, 0.05) is 29.5 Å². The lowest BCUT2D eigenvalue weighted by Gasteiger charge is -2.13. The number of aromatic amines is 1. The predicted molar refractivity (Wildman–Crippen MR) is 72.0 cm³/mol. The van der Waals surface area contributed by atoms with E-state index >= 15 is 0 Å². The topological polar surface area (TPSA) is 65.1 Å². The Balaban J connectivity index is 2.00. The monoisotopic (exact) mass is 264 g/mol. The first kappa shape index (κ1) is 12.7. The number of aromatic nitrogens is 1. The molecule has 18 heavy (non-hydrogen) atoms. The first-order valence-corrected chi connectivity index (χ1v) is 5.89. The third kappa shape index (κ3) is 3.35. The molecule has 0 radical (unpaired) electrons. The summed E-state index contributed by atoms with van der Waals surface area (Å²) >= 11 is 5.85. The van der Waals surface area contributed by atoms with E-state index in [4.69, 9.17) is 11.6 Å². The third-order valence-corrected chi connectivity index (χ3v) is 2.74. The molecule has 2 aromatic rings. The van der Waals surface area contributed by atoms with Crippen molar-refractivity contribution in [3.05, 3.63) is 63.5 Å². The number of pyridine rings is 1. The van der Waals surface area contributed by atoms with Crippen LogP contribution in [0.15, 0.2) is 47.4 Å². The Hall–Kier alpha value is -1.78. The molecule has 0 aliphatic heterocycles. The molecule has 4 nitrogen and oxygen atoms in total. The number of aliphatic hydroxyl groups is 1. The number of anilines is 1. The van der Waals surface area contributed by atoms with Gasteiger partial charge in [-0.25, -0.2) is 0 Å². The first-order chi connectivity index (χ1) is 8.65. The van der Waals surface area contributed by atoms with Gasteiger partial charge in [0.25, 0.3) is 0 Å². The van der Waals surface area contributed by atoms with Crippen molar-refractivity contribution in [1.82, 2.24) is 4.98 Å². The van der Waals surface area contributed by atoms with E-state index in [0.29, 0.717) is 17.3 Å². The van der Waals surface area contributed by atoms with Crippen molar-refractivity contribution in [2.75, 3.05) is 11.9 Å². The minimum atomic E-state index is -0.678. The summed E-state index contributed by atoms with van der Waals surface area (Å²) in [6.07, 6.45) is 0.874. The average molecular weight is 265 g/mol. The maximum atomic E-state index is 11.1. The molecule has 1 heterocycles. The SMILES string of the molecule is O=c1cc(NC[C@@H](O)c2cccc(Cl)c2)cc[nH]1. The highest BCUT2D eigenvalue weighted by Gasteiger charge is 2.07. The molecule has 0 spiro atoms. The second kappa shape index (κ2) is 5.71. The highest BCUT2D eigenvalue weighted by Crippen LogP contribution is 2.18. The summed E-state index contributed by atoms with van der Waals surface area (Å²) in [7, 11) is 0. The van der Waals surface area contributed by atoms with Crippen LogP contribution >= 0.6 is 11.6 Å². The molecule has 0 bridgehead atoms. The molecule has 0 saturated heterocycles. The fourth-order valence-electron chi connectivity index (χ4n) is 1.60. The minimum Gasteiger partial charge on any atom is -0.387 e. The van der Waals surface area contributed by atoms with Gasteiger partial charge >= 0.3 is 0 Å². The van der Waals surface area contributed by atoms with Crippen LogP contribution in [0.4, 0.5) is 5.69 Å². The van der Waals surface area contributed by atoms with Gasteiger partial charge in [-0.1, -0.05) is 23.7 Å². The van der Waals surface area contributed by atoms with E-state index in [2.05, 4.69) is 10.3 Å². The summed E-state index contributed by atoms with van der Waals surface area (Å²) in [6.45, 7) is 0.309. The van der Waals surface area contributed by atoms with Crippen LogP contribution in [0.2, 0.25) is 5.02 Å². The van der Waals surface area contributed by atoms with E-state index in [1.807, 2.05) is 0 Å². The second-order valence-corrected chi connectivity index (χ2v) is 4.33. The lowest BCUT2D eigenvalue weighted by Crippen LogP contribution is -2.14. The number of halogens is 1. The Bertz CT molecular complexity index is 583. The van der Waals surface area contributed by atoms with Crippen molar-refractivity contribution in [3.63, 3.8) is 0 Å². The van der Waals surface area contributed by atoms with Crippen LogP contribution in [-0.2, 0) is 0 Å². The Kier molecular flexibility index (Phi) is 4.02. The van der Waals surface area contributed by atoms with E-state index in [0.717, 1.165) is 5.56 Å². The number of H-pyrrole nitrogens is 1. The van der Waals surface area contributed by atoms with Crippen molar-refractivity contribution >= 4 is 17.3 Å². The summed E-state index contributed by atoms with van der Waals surface area (Å²) in [5.74, 6) is 0. The van der Waals surface area contributed by atoms with Crippen molar-refractivity contribution in [2.24, 2.45) is 0 Å². The van der Waals surface area contributed by atoms with Gasteiger partial charge in [-0.05, 0) is 23.8 Å². The van der Waals surface area contributed by atoms with Crippen LogP contribution in [0, 0.1) is 0 Å². The van der Waals surface area contributed by atoms with Gasteiger partial charge in [0.1, 0.15) is 0 Å². The highest BCUT2D eigenvalue weighted by atomic mass is 35.5. The molecule has 94 valence electrons. The van der Waals surface area contributed by atoms with Gasteiger partial charge in [0.05, 0.1) is 6.10 Å². The van der Waals surface area contributed by atoms with E-state index in [1.54, 1.807) is 36.5 Å². The molecule has 0 fully saturated rings. The van der Waals surface area contributed by atoms with Gasteiger partial charge in [0.2, 0.25) is 5.56 Å². The quantitative estimate of drug-likeness (QED) is 0.793. The van der Waals surface area contributed by atoms with Gasteiger partial charge in [-0.15, -0.1) is 0 Å². The van der Waals surface area contributed by atoms with Crippen molar-refractivity contribution < 1.29 is 5.11 Å². The standard InChI is InChI=1S/C13H13ClN2O2/c14-10-3-1-2-9(6-10)12(17)8-16-11-4-5-15-13(18)7-11/h1-7,12,17H,8H2,(H2,15,16,18)/t12-/m1/s1. The summed E-state index contributed by atoms with van der Waals surface area (Å²) in [5, 5.41) is 13.5. The summed E-state index contributed by atoms with van der Waals surface area (Å²) in [4.78, 5) is 13.6. The van der Waals surface area contributed by atoms with Crippen LogP contribution in [0.1, 0.15) is 11.7 Å². The normalized spacial score (nSPS) is 12.1. The molecule has 1 aromatic heterocycles. The lowest BCUT2D eigenvalue weighted by molar-refractivity contribution is 0.191. The molecule has 1 aromatic carbocycles. The number of hydrogen-bond acceptors (Lipinski definition) is 3. The summed E-state index contributed by atoms with van der Waals surface area (Å²) in [5.41, 5.74) is 1.22. The predicted octanol–water partition coefficient (Wildman–Crippen LogP) is 2.17. The molecular formula is C13H13ClN2O2. The first-order valence-electron chi connectivity index (χ1n) is 5.51. The van der Waals surface area contributed by atoms with Crippen molar-refractivity contribution in [3.8, 4) is 0 Å². The number of hydrogen-bond donors (Lipinski definition) is 3. The van der Waals surface area contributed by atoms with E-state index in [1.165, 1.54) is 6.07 Å². The average Bonchev–Trinajstić information content (AvgIpc) is 2.36. The molecule has 3 N–H and O–H groups in total. The molecule has 5 heteroatoms. The maximum Gasteiger partial charge on any atom is 0.249 e. The third-order valence-electron chi connectivity index (χ3n) is 2.51. The van der Waals surface area contributed by atoms with Crippen LogP contribution in [0.3, 0.4) is 0 Å². The molecule has 1 atom stereocenters. The van der Waals surface area contributed by atoms with Crippen LogP contribution < -0.4 is 10.9 Å².